The molecule has 0 N–H and O–H groups in total. The average Bonchev–Trinajstić information content (AvgIpc) is 2.71. The van der Waals surface area contributed by atoms with Gasteiger partial charge in [0.1, 0.15) is 5.03 Å². The highest BCUT2D eigenvalue weighted by molar-refractivity contribution is 9.10. The molecule has 0 saturated heterocycles. The molecule has 3 aromatic rings. The number of nitrogens with zero attached hydrogens (tertiary/aromatic N) is 2. The molecule has 3 rings (SSSR count). The zero-order valence-electron chi connectivity index (χ0n) is 14.8. The fourth-order valence-electron chi connectivity index (χ4n) is 2.43. The van der Waals surface area contributed by atoms with Crippen molar-refractivity contribution in [2.75, 3.05) is 20.0 Å². The first-order valence-corrected chi connectivity index (χ1v) is 9.86. The minimum Gasteiger partial charge on any atom is -0.493 e. The predicted molar refractivity (Wildman–Crippen MR) is 110 cm³/mol. The molecule has 0 amide bonds. The van der Waals surface area contributed by atoms with Gasteiger partial charge in [-0.2, -0.15) is 0 Å². The van der Waals surface area contributed by atoms with E-state index in [9.17, 15) is 4.79 Å². The summed E-state index contributed by atoms with van der Waals surface area (Å²) in [4.78, 5) is 12.4. The van der Waals surface area contributed by atoms with Crippen molar-refractivity contribution in [2.24, 2.45) is 0 Å². The van der Waals surface area contributed by atoms with Crippen LogP contribution in [-0.2, 0) is 0 Å². The SMILES string of the molecule is COc1ccc(C(=O)CSc2ccc(-c3cccc(Br)c3)nn2)cc1OC. The number of carbonyl (C=O) groups excluding carboxylic acids is 1. The Labute approximate surface area is 170 Å². The Morgan fingerprint density at radius 1 is 1.00 bits per heavy atom. The van der Waals surface area contributed by atoms with E-state index in [1.807, 2.05) is 36.4 Å². The summed E-state index contributed by atoms with van der Waals surface area (Å²) in [6.45, 7) is 0. The summed E-state index contributed by atoms with van der Waals surface area (Å²) in [6, 6.07) is 16.8. The van der Waals surface area contributed by atoms with Crippen LogP contribution in [-0.4, -0.2) is 36.0 Å². The predicted octanol–water partition coefficient (Wildman–Crippen LogP) is 4.90. The van der Waals surface area contributed by atoms with E-state index in [1.54, 1.807) is 32.4 Å². The van der Waals surface area contributed by atoms with Crippen LogP contribution < -0.4 is 9.47 Å². The number of hydrogen-bond acceptors (Lipinski definition) is 6. The number of hydrogen-bond donors (Lipinski definition) is 0. The van der Waals surface area contributed by atoms with Crippen molar-refractivity contribution in [3.05, 3.63) is 64.6 Å². The van der Waals surface area contributed by atoms with Gasteiger partial charge in [0.25, 0.3) is 0 Å². The summed E-state index contributed by atoms with van der Waals surface area (Å²) >= 11 is 4.80. The molecule has 0 aliphatic rings. The zero-order chi connectivity index (χ0) is 19.2. The molecule has 138 valence electrons. The number of thioether (sulfide) groups is 1. The maximum atomic E-state index is 12.4. The molecule has 0 spiro atoms. The van der Waals surface area contributed by atoms with Gasteiger partial charge in [-0.1, -0.05) is 39.8 Å². The van der Waals surface area contributed by atoms with E-state index in [-0.39, 0.29) is 11.5 Å². The van der Waals surface area contributed by atoms with Crippen molar-refractivity contribution in [3.8, 4) is 22.8 Å². The minimum absolute atomic E-state index is 0.0150. The molecule has 0 aliphatic carbocycles. The highest BCUT2D eigenvalue weighted by Crippen LogP contribution is 2.28. The summed E-state index contributed by atoms with van der Waals surface area (Å²) in [5.41, 5.74) is 2.33. The van der Waals surface area contributed by atoms with Crippen LogP contribution in [0.5, 0.6) is 11.5 Å². The van der Waals surface area contributed by atoms with Gasteiger partial charge in [-0.3, -0.25) is 4.79 Å². The van der Waals surface area contributed by atoms with Crippen LogP contribution in [0, 0.1) is 0 Å². The molecule has 27 heavy (non-hydrogen) atoms. The van der Waals surface area contributed by atoms with Gasteiger partial charge < -0.3 is 9.47 Å². The molecule has 0 unspecified atom stereocenters. The van der Waals surface area contributed by atoms with E-state index in [1.165, 1.54) is 11.8 Å². The van der Waals surface area contributed by atoms with E-state index in [2.05, 4.69) is 26.1 Å². The molecule has 0 aliphatic heterocycles. The third-order valence-electron chi connectivity index (χ3n) is 3.82. The number of halogens is 1. The molecule has 0 bridgehead atoms. The van der Waals surface area contributed by atoms with E-state index >= 15 is 0 Å². The molecular weight excluding hydrogens is 428 g/mol. The van der Waals surface area contributed by atoms with Crippen LogP contribution in [0.1, 0.15) is 10.4 Å². The molecule has 0 radical (unpaired) electrons. The molecule has 5 nitrogen and oxygen atoms in total. The number of ether oxygens (including phenoxy) is 2. The van der Waals surface area contributed by atoms with E-state index in [4.69, 9.17) is 9.47 Å². The number of rotatable bonds is 7. The lowest BCUT2D eigenvalue weighted by Crippen LogP contribution is -2.04. The molecule has 0 fully saturated rings. The van der Waals surface area contributed by atoms with Gasteiger partial charge in [-0.25, -0.2) is 0 Å². The van der Waals surface area contributed by atoms with Crippen molar-refractivity contribution in [1.82, 2.24) is 10.2 Å². The zero-order valence-corrected chi connectivity index (χ0v) is 17.2. The Balaban J connectivity index is 1.65. The molecule has 1 aromatic heterocycles. The van der Waals surface area contributed by atoms with Crippen LogP contribution in [0.3, 0.4) is 0 Å². The van der Waals surface area contributed by atoms with Crippen molar-refractivity contribution in [2.45, 2.75) is 5.03 Å². The lowest BCUT2D eigenvalue weighted by Gasteiger charge is -2.09. The monoisotopic (exact) mass is 444 g/mol. The third-order valence-corrected chi connectivity index (χ3v) is 5.23. The molecule has 0 saturated carbocycles. The molecule has 0 atom stereocenters. The second kappa shape index (κ2) is 9.01. The molecule has 1 heterocycles. The van der Waals surface area contributed by atoms with Crippen LogP contribution >= 0.6 is 27.7 Å². The summed E-state index contributed by atoms with van der Waals surface area (Å²) in [6.07, 6.45) is 0. The average molecular weight is 445 g/mol. The highest BCUT2D eigenvalue weighted by Gasteiger charge is 2.12. The fraction of sp³-hybridized carbons (Fsp3) is 0.150. The first kappa shape index (κ1) is 19.4. The Morgan fingerprint density at radius 3 is 2.48 bits per heavy atom. The molecular formula is C20H17BrN2O3S. The number of carbonyl (C=O) groups is 1. The number of methoxy groups -OCH3 is 2. The number of ketones is 1. The molecule has 7 heteroatoms. The largest absolute Gasteiger partial charge is 0.493 e. The van der Waals surface area contributed by atoms with Crippen LogP contribution in [0.4, 0.5) is 0 Å². The second-order valence-corrected chi connectivity index (χ2v) is 7.46. The second-order valence-electron chi connectivity index (χ2n) is 5.55. The maximum absolute atomic E-state index is 12.4. The Hall–Kier alpha value is -2.38. The van der Waals surface area contributed by atoms with Gasteiger partial charge in [0.15, 0.2) is 17.3 Å². The number of benzene rings is 2. The van der Waals surface area contributed by atoms with Gasteiger partial charge in [0.05, 0.1) is 25.7 Å². The van der Waals surface area contributed by atoms with Crippen LogP contribution in [0.25, 0.3) is 11.3 Å². The van der Waals surface area contributed by atoms with Crippen LogP contribution in [0.2, 0.25) is 0 Å². The Kier molecular flexibility index (Phi) is 6.47. The van der Waals surface area contributed by atoms with Crippen molar-refractivity contribution in [1.29, 1.82) is 0 Å². The van der Waals surface area contributed by atoms with Crippen molar-refractivity contribution >= 4 is 33.5 Å². The summed E-state index contributed by atoms with van der Waals surface area (Å²) in [5.74, 6) is 1.38. The van der Waals surface area contributed by atoms with E-state index in [0.717, 1.165) is 15.7 Å². The normalized spacial score (nSPS) is 10.5. The smallest absolute Gasteiger partial charge is 0.173 e. The molecule has 2 aromatic carbocycles. The van der Waals surface area contributed by atoms with Gasteiger partial charge in [-0.05, 0) is 42.5 Å². The number of aromatic nitrogens is 2. The third kappa shape index (κ3) is 4.87. The maximum Gasteiger partial charge on any atom is 0.173 e. The summed E-state index contributed by atoms with van der Waals surface area (Å²) < 4.78 is 11.4. The first-order valence-electron chi connectivity index (χ1n) is 8.08. The Morgan fingerprint density at radius 2 is 1.81 bits per heavy atom. The first-order chi connectivity index (χ1) is 13.1. The minimum atomic E-state index is -0.0150. The van der Waals surface area contributed by atoms with E-state index < -0.39 is 0 Å². The van der Waals surface area contributed by atoms with Gasteiger partial charge in [0, 0.05) is 15.6 Å². The number of Topliss-reactive ketones (excluding diaryl/α,β-unsaturated/α-hetero) is 1. The van der Waals surface area contributed by atoms with Gasteiger partial charge in [-0.15, -0.1) is 10.2 Å². The quantitative estimate of drug-likeness (QED) is 0.381. The Bertz CT molecular complexity index is 948. The highest BCUT2D eigenvalue weighted by atomic mass is 79.9. The topological polar surface area (TPSA) is 61.3 Å². The van der Waals surface area contributed by atoms with Crippen molar-refractivity contribution < 1.29 is 14.3 Å². The van der Waals surface area contributed by atoms with E-state index in [0.29, 0.717) is 22.1 Å². The van der Waals surface area contributed by atoms with Crippen LogP contribution in [0.15, 0.2) is 64.1 Å². The lowest BCUT2D eigenvalue weighted by atomic mass is 10.1. The van der Waals surface area contributed by atoms with Gasteiger partial charge in [0.2, 0.25) is 0 Å². The van der Waals surface area contributed by atoms with Gasteiger partial charge >= 0.3 is 0 Å². The summed E-state index contributed by atoms with van der Waals surface area (Å²) in [5, 5.41) is 9.16. The lowest BCUT2D eigenvalue weighted by molar-refractivity contribution is 0.102. The standard InChI is InChI=1S/C20H17BrN2O3S/c1-25-18-8-6-14(11-19(18)26-2)17(24)12-27-20-9-7-16(22-23-20)13-4-3-5-15(21)10-13/h3-11H,12H2,1-2H3. The summed E-state index contributed by atoms with van der Waals surface area (Å²) in [7, 11) is 3.11. The van der Waals surface area contributed by atoms with Crippen molar-refractivity contribution in [3.63, 3.8) is 0 Å². The fourth-order valence-corrected chi connectivity index (χ4v) is 3.54.